The Morgan fingerprint density at radius 2 is 0.738 bits per heavy atom. The molecule has 0 aliphatic carbocycles. The summed E-state index contributed by atoms with van der Waals surface area (Å²) in [5.74, 6) is 0.681. The van der Waals surface area contributed by atoms with Crippen LogP contribution >= 0.6 is 0 Å². The van der Waals surface area contributed by atoms with Crippen LogP contribution in [-0.2, 0) is 0 Å². The van der Waals surface area contributed by atoms with Crippen LogP contribution in [0.2, 0.25) is 0 Å². The van der Waals surface area contributed by atoms with E-state index in [0.29, 0.717) is 5.82 Å². The number of hydrogen-bond donors (Lipinski definition) is 0. The van der Waals surface area contributed by atoms with Gasteiger partial charge in [-0.25, -0.2) is 9.97 Å². The average molecular weight is 827 g/mol. The number of nitrogens with zero attached hydrogens (tertiary/aromatic N) is 2. The maximum atomic E-state index is 6.28. The maximum Gasteiger partial charge on any atom is 0.160 e. The number of aromatic nitrogens is 2. The van der Waals surface area contributed by atoms with E-state index >= 15 is 0 Å². The van der Waals surface area contributed by atoms with Gasteiger partial charge in [-0.05, 0) is 119 Å². The molecule has 2 aromatic heterocycles. The maximum absolute atomic E-state index is 6.28. The monoisotopic (exact) mass is 826 g/mol. The van der Waals surface area contributed by atoms with Crippen LogP contribution in [-0.4, -0.2) is 9.97 Å². The van der Waals surface area contributed by atoms with E-state index in [9.17, 15) is 0 Å². The minimum absolute atomic E-state index is 0.681. The highest BCUT2D eigenvalue weighted by molar-refractivity contribution is 6.17. The highest BCUT2D eigenvalue weighted by Gasteiger charge is 2.16. The third-order valence-electron chi connectivity index (χ3n) is 13.1. The summed E-state index contributed by atoms with van der Waals surface area (Å²) in [7, 11) is 0. The molecule has 0 N–H and O–H groups in total. The Kier molecular flexibility index (Phi) is 8.53. The molecule has 11 aromatic carbocycles. The van der Waals surface area contributed by atoms with Crippen molar-refractivity contribution in [1.29, 1.82) is 0 Å². The summed E-state index contributed by atoms with van der Waals surface area (Å²) in [6.45, 7) is 0. The summed E-state index contributed by atoms with van der Waals surface area (Å²) in [6, 6.07) is 82.5. The van der Waals surface area contributed by atoms with Gasteiger partial charge in [0.15, 0.2) is 5.82 Å². The molecule has 0 aliphatic heterocycles. The molecule has 13 aromatic rings. The van der Waals surface area contributed by atoms with Crippen LogP contribution in [0.1, 0.15) is 0 Å². The molecule has 65 heavy (non-hydrogen) atoms. The van der Waals surface area contributed by atoms with Gasteiger partial charge in [0, 0.05) is 27.5 Å². The number of benzene rings is 11. The van der Waals surface area contributed by atoms with Crippen molar-refractivity contribution in [2.24, 2.45) is 0 Å². The lowest BCUT2D eigenvalue weighted by atomic mass is 9.89. The van der Waals surface area contributed by atoms with Crippen LogP contribution in [0.25, 0.3) is 132 Å². The quantitative estimate of drug-likeness (QED) is 0.124. The van der Waals surface area contributed by atoms with Crippen LogP contribution in [0, 0.1) is 0 Å². The van der Waals surface area contributed by atoms with Gasteiger partial charge in [-0.15, -0.1) is 0 Å². The molecule has 0 saturated heterocycles. The summed E-state index contributed by atoms with van der Waals surface area (Å²) in [6.07, 6.45) is 0. The van der Waals surface area contributed by atoms with Crippen LogP contribution < -0.4 is 0 Å². The Morgan fingerprint density at radius 3 is 1.42 bits per heavy atom. The zero-order valence-corrected chi connectivity index (χ0v) is 35.2. The van der Waals surface area contributed by atoms with E-state index in [4.69, 9.17) is 14.4 Å². The molecule has 0 atom stereocenters. The normalized spacial score (nSPS) is 11.7. The Labute approximate surface area is 375 Å². The number of fused-ring (bicyclic) bond motifs is 8. The van der Waals surface area contributed by atoms with Gasteiger partial charge in [0.2, 0.25) is 0 Å². The van der Waals surface area contributed by atoms with Gasteiger partial charge in [-0.1, -0.05) is 188 Å². The van der Waals surface area contributed by atoms with Gasteiger partial charge in [0.05, 0.1) is 11.4 Å². The first kappa shape index (κ1) is 36.9. The third-order valence-corrected chi connectivity index (χ3v) is 13.1. The number of para-hydroxylation sites is 1. The van der Waals surface area contributed by atoms with Crippen LogP contribution in [0.3, 0.4) is 0 Å². The molecular weight excluding hydrogens is 789 g/mol. The number of furan rings is 1. The highest BCUT2D eigenvalue weighted by atomic mass is 16.3. The van der Waals surface area contributed by atoms with Crippen molar-refractivity contribution in [2.45, 2.75) is 0 Å². The minimum Gasteiger partial charge on any atom is -0.456 e. The van der Waals surface area contributed by atoms with Gasteiger partial charge >= 0.3 is 0 Å². The van der Waals surface area contributed by atoms with E-state index in [-0.39, 0.29) is 0 Å². The van der Waals surface area contributed by atoms with E-state index < -0.39 is 0 Å². The van der Waals surface area contributed by atoms with Crippen molar-refractivity contribution in [3.05, 3.63) is 231 Å². The topological polar surface area (TPSA) is 38.9 Å². The molecule has 0 aliphatic rings. The summed E-state index contributed by atoms with van der Waals surface area (Å²) in [5, 5.41) is 12.2. The molecule has 3 heteroatoms. The lowest BCUT2D eigenvalue weighted by Gasteiger charge is -2.15. The molecular formula is C62H38N2O. The van der Waals surface area contributed by atoms with E-state index in [1.807, 2.05) is 36.4 Å². The molecule has 2 heterocycles. The molecule has 0 bridgehead atoms. The smallest absolute Gasteiger partial charge is 0.160 e. The fraction of sp³-hybridized carbons (Fsp3) is 0. The Balaban J connectivity index is 0.855. The first-order valence-electron chi connectivity index (χ1n) is 22.1. The third kappa shape index (κ3) is 6.36. The molecule has 0 fully saturated rings. The van der Waals surface area contributed by atoms with Crippen molar-refractivity contribution in [3.8, 4) is 67.3 Å². The first-order chi connectivity index (χ1) is 32.2. The molecule has 0 spiro atoms. The second-order valence-corrected chi connectivity index (χ2v) is 16.9. The van der Waals surface area contributed by atoms with Crippen LogP contribution in [0.4, 0.5) is 0 Å². The van der Waals surface area contributed by atoms with E-state index in [1.54, 1.807) is 0 Å². The lowest BCUT2D eigenvalue weighted by Crippen LogP contribution is -1.96. The Hall–Kier alpha value is -8.66. The average Bonchev–Trinajstić information content (AvgIpc) is 3.76. The lowest BCUT2D eigenvalue weighted by molar-refractivity contribution is 0.669. The Morgan fingerprint density at radius 1 is 0.246 bits per heavy atom. The van der Waals surface area contributed by atoms with Gasteiger partial charge in [0.25, 0.3) is 0 Å². The zero-order chi connectivity index (χ0) is 42.8. The predicted octanol–water partition coefficient (Wildman–Crippen LogP) is 17.0. The first-order valence-corrected chi connectivity index (χ1v) is 22.1. The van der Waals surface area contributed by atoms with E-state index in [0.717, 1.165) is 55.6 Å². The summed E-state index contributed by atoms with van der Waals surface area (Å²) in [5.41, 5.74) is 13.6. The van der Waals surface area contributed by atoms with Crippen molar-refractivity contribution in [1.82, 2.24) is 9.97 Å². The molecule has 0 unspecified atom stereocenters. The van der Waals surface area contributed by atoms with Crippen molar-refractivity contribution in [2.75, 3.05) is 0 Å². The molecule has 0 amide bonds. The highest BCUT2D eigenvalue weighted by Crippen LogP contribution is 2.41. The Bertz CT molecular complexity index is 3980. The standard InChI is InChI=1S/C62H38N2O/c1-2-12-43(13-3-1)62-63-58(38-59(64-62)47-30-31-54-53-20-10-11-21-60(53)65-61(54)37-47)42-28-26-40(27-29-42)50-33-32-49(51-18-8-9-19-52(50)51)39-22-24-41(25-23-39)55-36-46-16-6-7-17-48(46)56-34-44-14-4-5-15-45(44)35-57(55)56/h1-38H. The number of rotatable bonds is 6. The molecule has 0 saturated carbocycles. The largest absolute Gasteiger partial charge is 0.456 e. The second-order valence-electron chi connectivity index (χ2n) is 16.9. The van der Waals surface area contributed by atoms with Crippen molar-refractivity contribution < 1.29 is 4.42 Å². The van der Waals surface area contributed by atoms with E-state index in [2.05, 4.69) is 194 Å². The molecule has 0 radical (unpaired) electrons. The van der Waals surface area contributed by atoms with Crippen molar-refractivity contribution in [3.63, 3.8) is 0 Å². The SMILES string of the molecule is c1ccc(-c2nc(-c3ccc(-c4ccc(-c5ccc(-c6cc7ccccc7c7cc8ccccc8cc67)cc5)c5ccccc45)cc3)cc(-c3ccc4c(c3)oc3ccccc34)n2)cc1. The minimum atomic E-state index is 0.681. The summed E-state index contributed by atoms with van der Waals surface area (Å²) >= 11 is 0. The number of hydrogen-bond acceptors (Lipinski definition) is 3. The molecule has 13 rings (SSSR count). The van der Waals surface area contributed by atoms with Gasteiger partial charge in [-0.3, -0.25) is 0 Å². The van der Waals surface area contributed by atoms with Crippen molar-refractivity contribution >= 4 is 65.0 Å². The fourth-order valence-corrected chi connectivity index (χ4v) is 9.82. The molecule has 3 nitrogen and oxygen atoms in total. The summed E-state index contributed by atoms with van der Waals surface area (Å²) < 4.78 is 6.28. The van der Waals surface area contributed by atoms with Gasteiger partial charge in [0.1, 0.15) is 11.2 Å². The van der Waals surface area contributed by atoms with Gasteiger partial charge < -0.3 is 4.42 Å². The predicted molar refractivity (Wildman–Crippen MR) is 272 cm³/mol. The van der Waals surface area contributed by atoms with Gasteiger partial charge in [-0.2, -0.15) is 0 Å². The summed E-state index contributed by atoms with van der Waals surface area (Å²) in [4.78, 5) is 10.2. The van der Waals surface area contributed by atoms with Crippen LogP contribution in [0.5, 0.6) is 0 Å². The van der Waals surface area contributed by atoms with Crippen LogP contribution in [0.15, 0.2) is 235 Å². The fourth-order valence-electron chi connectivity index (χ4n) is 9.82. The second kappa shape index (κ2) is 15.0. The van der Waals surface area contributed by atoms with E-state index in [1.165, 1.54) is 70.9 Å². The zero-order valence-electron chi connectivity index (χ0n) is 35.2. The molecule has 302 valence electrons.